The van der Waals surface area contributed by atoms with Crippen molar-refractivity contribution >= 4 is 17.6 Å². The summed E-state index contributed by atoms with van der Waals surface area (Å²) >= 11 is 0. The van der Waals surface area contributed by atoms with E-state index in [2.05, 4.69) is 28.8 Å². The zero-order chi connectivity index (χ0) is 29.2. The minimum atomic E-state index is -0.786. The Balaban J connectivity index is 1.13. The highest BCUT2D eigenvalue weighted by Crippen LogP contribution is 2.42. The molecule has 0 aromatic heterocycles. The van der Waals surface area contributed by atoms with Crippen molar-refractivity contribution in [2.24, 2.45) is 0 Å². The molecule has 0 spiro atoms. The van der Waals surface area contributed by atoms with Gasteiger partial charge in [0.25, 0.3) is 5.91 Å². The summed E-state index contributed by atoms with van der Waals surface area (Å²) in [6, 6.07) is 32.1. The summed E-state index contributed by atoms with van der Waals surface area (Å²) in [7, 11) is 0. The lowest BCUT2D eigenvalue weighted by atomic mass is 9.85. The minimum absolute atomic E-state index is 0.204. The Morgan fingerprint density at radius 3 is 2.49 bits per heavy atom. The van der Waals surface area contributed by atoms with Crippen LogP contribution in [-0.4, -0.2) is 29.7 Å². The Morgan fingerprint density at radius 1 is 0.884 bits per heavy atom. The van der Waals surface area contributed by atoms with Crippen LogP contribution in [0.2, 0.25) is 0 Å². The van der Waals surface area contributed by atoms with E-state index in [0.717, 1.165) is 36.0 Å². The maximum atomic E-state index is 14.0. The minimum Gasteiger partial charge on any atom is -0.456 e. The number of amides is 1. The second-order valence-electron chi connectivity index (χ2n) is 12.1. The molecule has 4 aromatic rings. The number of para-hydroxylation sites is 2. The third-order valence-corrected chi connectivity index (χ3v) is 9.05. The molecule has 1 saturated carbocycles. The Bertz CT molecular complexity index is 1640. The van der Waals surface area contributed by atoms with Gasteiger partial charge in [-0.25, -0.2) is 0 Å². The molecule has 1 aliphatic heterocycles. The smallest absolute Gasteiger partial charge is 0.252 e. The fraction of sp³-hybridized carbons (Fsp3) is 0.289. The monoisotopic (exact) mass is 570 g/mol. The van der Waals surface area contributed by atoms with Crippen LogP contribution in [0.15, 0.2) is 97.1 Å². The number of carbonyl (C=O) groups excluding carboxylic acids is 1. The van der Waals surface area contributed by atoms with Crippen LogP contribution in [0.4, 0.5) is 0 Å². The topological polar surface area (TPSA) is 70.6 Å². The highest BCUT2D eigenvalue weighted by molar-refractivity contribution is 6.25. The van der Waals surface area contributed by atoms with Crippen LogP contribution in [0.1, 0.15) is 71.0 Å². The Kier molecular flexibility index (Phi) is 7.84. The van der Waals surface area contributed by atoms with Crippen molar-refractivity contribution in [2.45, 2.75) is 62.6 Å². The molecule has 1 heterocycles. The molecular formula is C38H38N2O3. The molecule has 0 unspecified atom stereocenters. The van der Waals surface area contributed by atoms with E-state index in [-0.39, 0.29) is 11.9 Å². The first kappa shape index (κ1) is 27.6. The molecule has 2 aliphatic carbocycles. The van der Waals surface area contributed by atoms with E-state index < -0.39 is 12.1 Å². The van der Waals surface area contributed by atoms with Crippen molar-refractivity contribution in [3.63, 3.8) is 0 Å². The highest BCUT2D eigenvalue weighted by Gasteiger charge is 2.30. The van der Waals surface area contributed by atoms with Crippen LogP contribution in [0.5, 0.6) is 11.5 Å². The second kappa shape index (κ2) is 12.2. The van der Waals surface area contributed by atoms with Gasteiger partial charge in [-0.2, -0.15) is 0 Å². The first-order chi connectivity index (χ1) is 21.1. The van der Waals surface area contributed by atoms with E-state index in [4.69, 9.17) is 4.74 Å². The highest BCUT2D eigenvalue weighted by atomic mass is 16.5. The lowest BCUT2D eigenvalue weighted by molar-refractivity contribution is -0.117. The van der Waals surface area contributed by atoms with E-state index in [0.29, 0.717) is 36.0 Å². The number of aryl methyl sites for hydroxylation is 1. The number of hydrogen-bond donors (Lipinski definition) is 3. The fourth-order valence-electron chi connectivity index (χ4n) is 6.51. The van der Waals surface area contributed by atoms with Crippen molar-refractivity contribution in [3.8, 4) is 11.5 Å². The van der Waals surface area contributed by atoms with Crippen molar-refractivity contribution < 1.29 is 14.6 Å². The summed E-state index contributed by atoms with van der Waals surface area (Å²) in [5.74, 6) is 1.83. The number of benzene rings is 4. The van der Waals surface area contributed by atoms with Gasteiger partial charge >= 0.3 is 0 Å². The molecule has 3 atom stereocenters. The van der Waals surface area contributed by atoms with Gasteiger partial charge in [0, 0.05) is 23.7 Å². The molecule has 0 radical (unpaired) electrons. The molecule has 0 saturated heterocycles. The molecule has 0 bridgehead atoms. The van der Waals surface area contributed by atoms with Crippen LogP contribution < -0.4 is 15.4 Å². The van der Waals surface area contributed by atoms with E-state index in [1.165, 1.54) is 29.5 Å². The van der Waals surface area contributed by atoms with Crippen molar-refractivity contribution in [1.82, 2.24) is 10.6 Å². The Morgan fingerprint density at radius 2 is 1.65 bits per heavy atom. The predicted molar refractivity (Wildman–Crippen MR) is 171 cm³/mol. The summed E-state index contributed by atoms with van der Waals surface area (Å²) in [4.78, 5) is 14.0. The number of rotatable bonds is 9. The molecule has 7 rings (SSSR count). The summed E-state index contributed by atoms with van der Waals surface area (Å²) in [5, 5.41) is 18.5. The van der Waals surface area contributed by atoms with Gasteiger partial charge < -0.3 is 20.5 Å². The number of hydrogen-bond acceptors (Lipinski definition) is 4. The van der Waals surface area contributed by atoms with Crippen LogP contribution in [-0.2, 0) is 17.6 Å². The molecule has 218 valence electrons. The van der Waals surface area contributed by atoms with Gasteiger partial charge in [-0.05, 0) is 84.9 Å². The SMILES string of the molecule is O=C(N[C@@H](Cc1ccccc1)[C@H](O)CN[C@H]1CCCc2ccc(C3CC3)cc21)C1=Cc2ccccc2Oc2ccccc21. The van der Waals surface area contributed by atoms with Gasteiger partial charge in [0.15, 0.2) is 0 Å². The van der Waals surface area contributed by atoms with Crippen LogP contribution in [0.3, 0.4) is 0 Å². The summed E-state index contributed by atoms with van der Waals surface area (Å²) in [6.45, 7) is 0.386. The quantitative estimate of drug-likeness (QED) is 0.203. The molecule has 1 fully saturated rings. The maximum Gasteiger partial charge on any atom is 0.252 e. The first-order valence-corrected chi connectivity index (χ1v) is 15.6. The molecule has 5 heteroatoms. The number of fused-ring (bicyclic) bond motifs is 3. The van der Waals surface area contributed by atoms with Crippen LogP contribution in [0, 0.1) is 0 Å². The van der Waals surface area contributed by atoms with Crippen LogP contribution in [0.25, 0.3) is 11.6 Å². The number of aliphatic hydroxyl groups is 1. The molecular weight excluding hydrogens is 532 g/mol. The van der Waals surface area contributed by atoms with Crippen molar-refractivity contribution in [1.29, 1.82) is 0 Å². The van der Waals surface area contributed by atoms with Crippen LogP contribution >= 0.6 is 0 Å². The first-order valence-electron chi connectivity index (χ1n) is 15.6. The fourth-order valence-corrected chi connectivity index (χ4v) is 6.51. The van der Waals surface area contributed by atoms with E-state index >= 15 is 0 Å². The lowest BCUT2D eigenvalue weighted by Gasteiger charge is -2.30. The number of carbonyl (C=O) groups is 1. The average molecular weight is 571 g/mol. The molecule has 1 amide bonds. The third kappa shape index (κ3) is 6.15. The molecule has 4 aromatic carbocycles. The van der Waals surface area contributed by atoms with Gasteiger partial charge in [0.1, 0.15) is 11.5 Å². The van der Waals surface area contributed by atoms with Gasteiger partial charge in [-0.1, -0.05) is 84.9 Å². The largest absolute Gasteiger partial charge is 0.456 e. The molecule has 43 heavy (non-hydrogen) atoms. The summed E-state index contributed by atoms with van der Waals surface area (Å²) in [5.41, 5.74) is 7.40. The summed E-state index contributed by atoms with van der Waals surface area (Å²) < 4.78 is 6.20. The second-order valence-corrected chi connectivity index (χ2v) is 12.1. The Labute approximate surface area is 253 Å². The molecule has 5 nitrogen and oxygen atoms in total. The van der Waals surface area contributed by atoms with E-state index in [9.17, 15) is 9.90 Å². The average Bonchev–Trinajstić information content (AvgIpc) is 3.90. The zero-order valence-corrected chi connectivity index (χ0v) is 24.3. The van der Waals surface area contributed by atoms with Gasteiger partial charge in [0.2, 0.25) is 0 Å². The lowest BCUT2D eigenvalue weighted by Crippen LogP contribution is -2.49. The third-order valence-electron chi connectivity index (χ3n) is 9.05. The zero-order valence-electron chi connectivity index (χ0n) is 24.3. The van der Waals surface area contributed by atoms with E-state index in [1.54, 1.807) is 0 Å². The molecule has 3 aliphatic rings. The molecule has 3 N–H and O–H groups in total. The van der Waals surface area contributed by atoms with E-state index in [1.807, 2.05) is 84.9 Å². The number of nitrogens with one attached hydrogen (secondary N) is 2. The summed E-state index contributed by atoms with van der Waals surface area (Å²) in [6.07, 6.45) is 7.48. The number of aliphatic hydroxyl groups excluding tert-OH is 1. The van der Waals surface area contributed by atoms with Crippen molar-refractivity contribution in [2.75, 3.05) is 6.54 Å². The normalized spacial score (nSPS) is 18.5. The standard InChI is InChI=1S/C38H38N2O3/c41-35(24-39-33-14-8-12-27-19-20-28(22-31(27)33)26-17-18-26)34(21-25-9-2-1-3-10-25)40-38(42)32-23-29-11-4-6-15-36(29)43-37-16-7-5-13-30(32)37/h1-7,9-11,13,15-16,19-20,22-23,26,33-35,39,41H,8,12,14,17-18,21,24H2,(H,40,42)/t33-,34-,35+/m0/s1. The van der Waals surface area contributed by atoms with Gasteiger partial charge in [-0.15, -0.1) is 0 Å². The van der Waals surface area contributed by atoms with Gasteiger partial charge in [-0.3, -0.25) is 4.79 Å². The number of ether oxygens (including phenoxy) is 1. The predicted octanol–water partition coefficient (Wildman–Crippen LogP) is 6.97. The maximum absolute atomic E-state index is 14.0. The van der Waals surface area contributed by atoms with Gasteiger partial charge in [0.05, 0.1) is 17.7 Å². The Hall–Kier alpha value is -4.19. The van der Waals surface area contributed by atoms with Crippen molar-refractivity contribution in [3.05, 3.63) is 130 Å².